The SMILES string of the molecule is CC(c1ccc(-c2nnc(C(F)F)o2)s1)n1cc(-c2ccc3nc(N)sc3c2)nn1. The lowest BCUT2D eigenvalue weighted by Gasteiger charge is -2.08. The van der Waals surface area contributed by atoms with Crippen LogP contribution < -0.4 is 5.73 Å². The van der Waals surface area contributed by atoms with Gasteiger partial charge in [0.15, 0.2) is 5.13 Å². The maximum Gasteiger partial charge on any atom is 0.314 e. The predicted octanol–water partition coefficient (Wildman–Crippen LogP) is 4.80. The number of nitrogens with zero attached hydrogens (tertiary/aromatic N) is 6. The fourth-order valence-corrected chi connectivity index (χ4v) is 4.69. The lowest BCUT2D eigenvalue weighted by Crippen LogP contribution is -2.05. The van der Waals surface area contributed by atoms with Gasteiger partial charge in [-0.15, -0.1) is 26.6 Å². The number of aromatic nitrogens is 6. The maximum atomic E-state index is 12.7. The molecule has 0 spiro atoms. The Morgan fingerprint density at radius 3 is 2.77 bits per heavy atom. The number of rotatable bonds is 5. The Morgan fingerprint density at radius 2 is 1.97 bits per heavy atom. The summed E-state index contributed by atoms with van der Waals surface area (Å²) in [4.78, 5) is 5.82. The van der Waals surface area contributed by atoms with Crippen molar-refractivity contribution in [2.45, 2.75) is 19.4 Å². The van der Waals surface area contributed by atoms with Crippen LogP contribution in [0, 0.1) is 0 Å². The van der Waals surface area contributed by atoms with Gasteiger partial charge in [0.1, 0.15) is 5.69 Å². The first-order chi connectivity index (χ1) is 14.5. The number of nitrogens with two attached hydrogens (primary N) is 1. The van der Waals surface area contributed by atoms with Crippen molar-refractivity contribution in [2.24, 2.45) is 0 Å². The van der Waals surface area contributed by atoms with E-state index in [1.54, 1.807) is 10.7 Å². The van der Waals surface area contributed by atoms with Crippen LogP contribution in [-0.2, 0) is 0 Å². The van der Waals surface area contributed by atoms with Gasteiger partial charge in [-0.2, -0.15) is 8.78 Å². The van der Waals surface area contributed by atoms with Gasteiger partial charge in [0, 0.05) is 10.4 Å². The van der Waals surface area contributed by atoms with E-state index in [0.29, 0.717) is 10.0 Å². The van der Waals surface area contributed by atoms with Gasteiger partial charge in [0.25, 0.3) is 11.8 Å². The van der Waals surface area contributed by atoms with E-state index in [4.69, 9.17) is 10.2 Å². The van der Waals surface area contributed by atoms with Gasteiger partial charge in [0.2, 0.25) is 0 Å². The third kappa shape index (κ3) is 3.33. The average molecular weight is 445 g/mol. The summed E-state index contributed by atoms with van der Waals surface area (Å²) in [5.74, 6) is -0.612. The monoisotopic (exact) mass is 445 g/mol. The first kappa shape index (κ1) is 18.8. The first-order valence-corrected chi connectivity index (χ1v) is 10.4. The predicted molar refractivity (Wildman–Crippen MR) is 109 cm³/mol. The van der Waals surface area contributed by atoms with Crippen LogP contribution in [0.5, 0.6) is 0 Å². The van der Waals surface area contributed by atoms with E-state index >= 15 is 0 Å². The van der Waals surface area contributed by atoms with Gasteiger partial charge < -0.3 is 10.2 Å². The van der Waals surface area contributed by atoms with Crippen molar-refractivity contribution in [3.63, 3.8) is 0 Å². The Bertz CT molecular complexity index is 1340. The van der Waals surface area contributed by atoms with Gasteiger partial charge in [0.05, 0.1) is 27.3 Å². The normalized spacial score (nSPS) is 12.8. The summed E-state index contributed by atoms with van der Waals surface area (Å²) in [6, 6.07) is 9.35. The van der Waals surface area contributed by atoms with Crippen LogP contribution >= 0.6 is 22.7 Å². The molecule has 1 atom stereocenters. The van der Waals surface area contributed by atoms with Gasteiger partial charge in [-0.3, -0.25) is 0 Å². The molecule has 152 valence electrons. The van der Waals surface area contributed by atoms with Crippen molar-refractivity contribution in [3.05, 3.63) is 47.3 Å². The zero-order valence-electron chi connectivity index (χ0n) is 15.4. The molecule has 0 saturated carbocycles. The topological polar surface area (TPSA) is 109 Å². The minimum atomic E-state index is -2.79. The molecule has 0 bridgehead atoms. The van der Waals surface area contributed by atoms with Crippen molar-refractivity contribution >= 4 is 38.0 Å². The first-order valence-electron chi connectivity index (χ1n) is 8.78. The lowest BCUT2D eigenvalue weighted by atomic mass is 10.1. The van der Waals surface area contributed by atoms with Crippen LogP contribution in [0.4, 0.5) is 13.9 Å². The average Bonchev–Trinajstić information content (AvgIpc) is 3.51. The molecule has 5 rings (SSSR count). The molecule has 8 nitrogen and oxygen atoms in total. The van der Waals surface area contributed by atoms with E-state index in [9.17, 15) is 8.78 Å². The van der Waals surface area contributed by atoms with Crippen LogP contribution in [0.25, 0.3) is 32.2 Å². The Hall–Kier alpha value is -3.25. The molecule has 1 aromatic carbocycles. The van der Waals surface area contributed by atoms with Crippen LogP contribution in [-0.4, -0.2) is 30.2 Å². The molecule has 0 fully saturated rings. The van der Waals surface area contributed by atoms with Gasteiger partial charge in [-0.1, -0.05) is 22.6 Å². The second kappa shape index (κ2) is 7.22. The molecule has 0 radical (unpaired) electrons. The third-order valence-electron chi connectivity index (χ3n) is 4.48. The van der Waals surface area contributed by atoms with Gasteiger partial charge in [-0.25, -0.2) is 9.67 Å². The number of benzene rings is 1. The Kier molecular flexibility index (Phi) is 4.51. The largest absolute Gasteiger partial charge is 0.414 e. The highest BCUT2D eigenvalue weighted by Gasteiger charge is 2.20. The highest BCUT2D eigenvalue weighted by atomic mass is 32.1. The number of anilines is 1. The molecule has 30 heavy (non-hydrogen) atoms. The van der Waals surface area contributed by atoms with Crippen molar-refractivity contribution in [1.82, 2.24) is 30.2 Å². The number of thiazole rings is 1. The number of fused-ring (bicyclic) bond motifs is 1. The van der Waals surface area contributed by atoms with Gasteiger partial charge in [-0.05, 0) is 31.2 Å². The summed E-state index contributed by atoms with van der Waals surface area (Å²) in [5, 5.41) is 16.1. The summed E-state index contributed by atoms with van der Waals surface area (Å²) in [5.41, 5.74) is 8.27. The second-order valence-corrected chi connectivity index (χ2v) is 8.62. The molecular formula is C18H13F2N7OS2. The molecule has 0 saturated heterocycles. The number of nitrogen functional groups attached to an aromatic ring is 1. The van der Waals surface area contributed by atoms with Crippen LogP contribution in [0.3, 0.4) is 0 Å². The second-order valence-electron chi connectivity index (χ2n) is 6.44. The highest BCUT2D eigenvalue weighted by molar-refractivity contribution is 7.22. The summed E-state index contributed by atoms with van der Waals surface area (Å²) in [6.45, 7) is 1.97. The fraction of sp³-hybridized carbons (Fsp3) is 0.167. The quantitative estimate of drug-likeness (QED) is 0.414. The summed E-state index contributed by atoms with van der Waals surface area (Å²) < 4.78 is 33.1. The van der Waals surface area contributed by atoms with Crippen LogP contribution in [0.1, 0.15) is 30.2 Å². The van der Waals surface area contributed by atoms with E-state index < -0.39 is 12.3 Å². The molecule has 0 aliphatic carbocycles. The molecule has 1 unspecified atom stereocenters. The fourth-order valence-electron chi connectivity index (χ4n) is 2.95. The Morgan fingerprint density at radius 1 is 1.10 bits per heavy atom. The molecule has 2 N–H and O–H groups in total. The van der Waals surface area contributed by atoms with E-state index in [1.807, 2.05) is 37.4 Å². The molecule has 12 heteroatoms. The molecular weight excluding hydrogens is 432 g/mol. The van der Waals surface area contributed by atoms with E-state index in [2.05, 4.69) is 25.5 Å². The molecule has 5 aromatic rings. The Labute approximate surface area is 176 Å². The number of thiophene rings is 1. The Balaban J connectivity index is 1.39. The molecule has 0 amide bonds. The van der Waals surface area contributed by atoms with Crippen molar-refractivity contribution in [1.29, 1.82) is 0 Å². The minimum Gasteiger partial charge on any atom is -0.414 e. The number of hydrogen-bond donors (Lipinski definition) is 1. The minimum absolute atomic E-state index is 0.0742. The molecule has 4 aromatic heterocycles. The number of hydrogen-bond acceptors (Lipinski definition) is 9. The van der Waals surface area contributed by atoms with Crippen molar-refractivity contribution < 1.29 is 13.2 Å². The number of alkyl halides is 2. The van der Waals surface area contributed by atoms with Gasteiger partial charge >= 0.3 is 6.43 Å². The summed E-state index contributed by atoms with van der Waals surface area (Å²) in [7, 11) is 0. The lowest BCUT2D eigenvalue weighted by molar-refractivity contribution is 0.116. The zero-order chi connectivity index (χ0) is 20.8. The molecule has 0 aliphatic heterocycles. The smallest absolute Gasteiger partial charge is 0.314 e. The third-order valence-corrected chi connectivity index (χ3v) is 6.58. The molecule has 0 aliphatic rings. The van der Waals surface area contributed by atoms with Crippen LogP contribution in [0.15, 0.2) is 40.9 Å². The zero-order valence-corrected chi connectivity index (χ0v) is 17.0. The van der Waals surface area contributed by atoms with Crippen LogP contribution in [0.2, 0.25) is 0 Å². The van der Waals surface area contributed by atoms with E-state index in [0.717, 1.165) is 26.4 Å². The van der Waals surface area contributed by atoms with E-state index in [1.165, 1.54) is 22.7 Å². The summed E-state index contributed by atoms with van der Waals surface area (Å²) >= 11 is 2.79. The van der Waals surface area contributed by atoms with Crippen molar-refractivity contribution in [3.8, 4) is 22.0 Å². The molecule has 4 heterocycles. The van der Waals surface area contributed by atoms with E-state index in [-0.39, 0.29) is 11.9 Å². The van der Waals surface area contributed by atoms with Crippen molar-refractivity contribution in [2.75, 3.05) is 5.73 Å². The maximum absolute atomic E-state index is 12.7. The summed E-state index contributed by atoms with van der Waals surface area (Å²) in [6.07, 6.45) is -0.934. The standard InChI is InChI=1S/C18H13F2N7OS2/c1-8(12-4-5-13(29-12)16-24-25-17(28-16)15(19)20)27-7-11(23-26-27)9-2-3-10-14(6-9)30-18(21)22-10/h2-8,15H,1H3,(H2,21,22). The highest BCUT2D eigenvalue weighted by Crippen LogP contribution is 2.34. The number of halogens is 2.